The van der Waals surface area contributed by atoms with E-state index in [4.69, 9.17) is 28.4 Å². The van der Waals surface area contributed by atoms with Crippen molar-refractivity contribution in [3.8, 4) is 0 Å². The molecule has 17 unspecified atom stereocenters. The van der Waals surface area contributed by atoms with Crippen molar-refractivity contribution in [1.82, 2.24) is 5.32 Å². The van der Waals surface area contributed by atoms with Crippen molar-refractivity contribution in [3.63, 3.8) is 0 Å². The van der Waals surface area contributed by atoms with Gasteiger partial charge in [-0.3, -0.25) is 4.79 Å². The molecule has 94 heavy (non-hydrogen) atoms. The maximum atomic E-state index is 13.4. The standard InChI is InChI=1S/C75H143NO18/c1-3-5-7-9-11-13-14-15-16-17-18-19-20-21-22-23-24-25-26-27-28-29-30-31-32-33-34-35-36-37-38-39-40-41-42-43-44-45-47-49-51-53-63(81)76-58(59(80)52-50-48-46-12-10-8-6-4-2)57-89-73-69(87)66(84)71(61(55-78)91-73)94-75-70(88)67(85)72(62(56-79)92-75)93-74-68(86)65(83)64(82)60(54-77)90-74/h17-18,58-62,64-75,77-80,82-88H,3-16,19-57H2,1-2H3,(H,76,81)/b18-17-. The van der Waals surface area contributed by atoms with Crippen molar-refractivity contribution in [2.75, 3.05) is 26.4 Å². The van der Waals surface area contributed by atoms with Crippen LogP contribution in [0.2, 0.25) is 0 Å². The Labute approximate surface area is 569 Å². The van der Waals surface area contributed by atoms with E-state index in [9.17, 15) is 61.0 Å². The molecule has 19 heteroatoms. The number of carbonyl (C=O) groups excluding carboxylic acids is 1. The Hall–Kier alpha value is -1.47. The molecule has 0 bridgehead atoms. The molecule has 19 nitrogen and oxygen atoms in total. The fourth-order valence-corrected chi connectivity index (χ4v) is 13.5. The van der Waals surface area contributed by atoms with Crippen molar-refractivity contribution in [2.45, 2.75) is 433 Å². The van der Waals surface area contributed by atoms with Crippen LogP contribution >= 0.6 is 0 Å². The summed E-state index contributed by atoms with van der Waals surface area (Å²) in [4.78, 5) is 13.4. The molecule has 1 amide bonds. The third kappa shape index (κ3) is 37.8. The molecular weight excluding hydrogens is 1200 g/mol. The molecule has 0 saturated carbocycles. The molecule has 0 aromatic carbocycles. The van der Waals surface area contributed by atoms with Crippen LogP contribution in [0.25, 0.3) is 0 Å². The molecule has 3 aliphatic heterocycles. The van der Waals surface area contributed by atoms with Crippen LogP contribution in [0.3, 0.4) is 0 Å². The van der Waals surface area contributed by atoms with Crippen LogP contribution in [-0.2, 0) is 33.2 Å². The quantitative estimate of drug-likeness (QED) is 0.0199. The van der Waals surface area contributed by atoms with Gasteiger partial charge in [-0.2, -0.15) is 0 Å². The smallest absolute Gasteiger partial charge is 0.220 e. The average molecular weight is 1350 g/mol. The summed E-state index contributed by atoms with van der Waals surface area (Å²) in [6.07, 6.45) is 39.7. The van der Waals surface area contributed by atoms with E-state index in [0.29, 0.717) is 12.8 Å². The predicted molar refractivity (Wildman–Crippen MR) is 370 cm³/mol. The van der Waals surface area contributed by atoms with Crippen molar-refractivity contribution in [2.24, 2.45) is 0 Å². The maximum Gasteiger partial charge on any atom is 0.220 e. The molecule has 0 aliphatic carbocycles. The number of aliphatic hydroxyl groups is 11. The van der Waals surface area contributed by atoms with Crippen LogP contribution in [0, 0.1) is 0 Å². The third-order valence-corrected chi connectivity index (χ3v) is 19.8. The number of hydrogen-bond donors (Lipinski definition) is 12. The lowest BCUT2D eigenvalue weighted by atomic mass is 9.96. The molecule has 3 aliphatic rings. The Bertz CT molecular complexity index is 1750. The van der Waals surface area contributed by atoms with Crippen LogP contribution in [0.1, 0.15) is 328 Å². The minimum atomic E-state index is -1.97. The third-order valence-electron chi connectivity index (χ3n) is 19.8. The maximum absolute atomic E-state index is 13.4. The largest absolute Gasteiger partial charge is 0.394 e. The molecule has 0 aromatic heterocycles. The summed E-state index contributed by atoms with van der Waals surface area (Å²) >= 11 is 0. The minimum Gasteiger partial charge on any atom is -0.394 e. The van der Waals surface area contributed by atoms with Gasteiger partial charge in [-0.25, -0.2) is 0 Å². The lowest BCUT2D eigenvalue weighted by Crippen LogP contribution is -2.66. The van der Waals surface area contributed by atoms with Crippen molar-refractivity contribution < 1.29 is 89.4 Å². The molecule has 12 N–H and O–H groups in total. The first-order valence-electron chi connectivity index (χ1n) is 38.9. The highest BCUT2D eigenvalue weighted by Crippen LogP contribution is 2.33. The monoisotopic (exact) mass is 1350 g/mol. The van der Waals surface area contributed by atoms with Crippen LogP contribution in [0.5, 0.6) is 0 Å². The zero-order valence-electron chi connectivity index (χ0n) is 59.2. The highest BCUT2D eigenvalue weighted by molar-refractivity contribution is 5.76. The SMILES string of the molecule is CCCCCCCCCC/C=C\CCCCCCCCCCCCCCCCCCCCCCCCCCCCCCCC(=O)NC(COC1OC(CO)C(OC2OC(CO)C(OC3OC(CO)C(O)C(O)C3O)C(O)C2O)C(O)C1O)C(O)CCCCCCCCCC. The zero-order chi connectivity index (χ0) is 68.2. The summed E-state index contributed by atoms with van der Waals surface area (Å²) in [6.45, 7) is 1.78. The van der Waals surface area contributed by atoms with Crippen LogP contribution in [-0.4, -0.2) is 193 Å². The molecule has 17 atom stereocenters. The average Bonchev–Trinajstić information content (AvgIpc) is 0.834. The Morgan fingerprint density at radius 2 is 0.670 bits per heavy atom. The summed E-state index contributed by atoms with van der Waals surface area (Å²) in [5.74, 6) is -0.239. The Morgan fingerprint density at radius 3 is 1.03 bits per heavy atom. The van der Waals surface area contributed by atoms with E-state index in [1.165, 1.54) is 250 Å². The number of rotatable bonds is 62. The van der Waals surface area contributed by atoms with E-state index in [2.05, 4.69) is 31.3 Å². The molecule has 0 spiro atoms. The van der Waals surface area contributed by atoms with E-state index >= 15 is 0 Å². The van der Waals surface area contributed by atoms with E-state index in [0.717, 1.165) is 44.9 Å². The zero-order valence-corrected chi connectivity index (χ0v) is 59.2. The number of amides is 1. The summed E-state index contributed by atoms with van der Waals surface area (Å²) in [7, 11) is 0. The Balaban J connectivity index is 1.21. The van der Waals surface area contributed by atoms with Gasteiger partial charge in [0.25, 0.3) is 0 Å². The second-order valence-electron chi connectivity index (χ2n) is 28.2. The van der Waals surface area contributed by atoms with Crippen LogP contribution < -0.4 is 5.32 Å². The fourth-order valence-electron chi connectivity index (χ4n) is 13.5. The number of nitrogens with one attached hydrogen (secondary N) is 1. The van der Waals surface area contributed by atoms with Crippen LogP contribution in [0.15, 0.2) is 12.2 Å². The van der Waals surface area contributed by atoms with Gasteiger partial charge < -0.3 is 89.9 Å². The lowest BCUT2D eigenvalue weighted by Gasteiger charge is -2.48. The van der Waals surface area contributed by atoms with Crippen LogP contribution in [0.4, 0.5) is 0 Å². The van der Waals surface area contributed by atoms with E-state index in [-0.39, 0.29) is 18.9 Å². The number of allylic oxidation sites excluding steroid dienone is 2. The normalized spacial score (nSPS) is 27.4. The van der Waals surface area contributed by atoms with Crippen molar-refractivity contribution in [3.05, 3.63) is 12.2 Å². The van der Waals surface area contributed by atoms with E-state index in [1.807, 2.05) is 0 Å². The predicted octanol–water partition coefficient (Wildman–Crippen LogP) is 12.0. The fraction of sp³-hybridized carbons (Fsp3) is 0.960. The molecule has 556 valence electrons. The highest BCUT2D eigenvalue weighted by Gasteiger charge is 2.54. The van der Waals surface area contributed by atoms with Crippen molar-refractivity contribution >= 4 is 5.91 Å². The summed E-state index contributed by atoms with van der Waals surface area (Å²) in [5, 5.41) is 120. The topological polar surface area (TPSA) is 307 Å². The van der Waals surface area contributed by atoms with Crippen molar-refractivity contribution in [1.29, 1.82) is 0 Å². The lowest BCUT2D eigenvalue weighted by molar-refractivity contribution is -0.379. The molecule has 0 aromatic rings. The number of ether oxygens (including phenoxy) is 6. The molecule has 3 saturated heterocycles. The van der Waals surface area contributed by atoms with Gasteiger partial charge in [0.1, 0.15) is 73.2 Å². The molecule has 3 heterocycles. The van der Waals surface area contributed by atoms with E-state index < -0.39 is 124 Å². The van der Waals surface area contributed by atoms with Gasteiger partial charge in [0.15, 0.2) is 18.9 Å². The van der Waals surface area contributed by atoms with Gasteiger partial charge in [0.05, 0.1) is 38.6 Å². The number of aliphatic hydroxyl groups excluding tert-OH is 11. The first-order chi connectivity index (χ1) is 45.8. The van der Waals surface area contributed by atoms with Gasteiger partial charge >= 0.3 is 0 Å². The summed E-state index contributed by atoms with van der Waals surface area (Å²) in [5.41, 5.74) is 0. The second kappa shape index (κ2) is 57.2. The molecule has 0 radical (unpaired) electrons. The van der Waals surface area contributed by atoms with Gasteiger partial charge in [-0.1, -0.05) is 296 Å². The molecular formula is C75H143NO18. The first kappa shape index (κ1) is 86.8. The number of unbranched alkanes of at least 4 members (excludes halogenated alkanes) is 44. The Kier molecular flexibility index (Phi) is 52.8. The van der Waals surface area contributed by atoms with E-state index in [1.54, 1.807) is 0 Å². The van der Waals surface area contributed by atoms with Gasteiger partial charge in [0, 0.05) is 6.42 Å². The highest BCUT2D eigenvalue weighted by atomic mass is 16.8. The van der Waals surface area contributed by atoms with Gasteiger partial charge in [-0.05, 0) is 38.5 Å². The number of hydrogen-bond acceptors (Lipinski definition) is 18. The second-order valence-corrected chi connectivity index (χ2v) is 28.2. The van der Waals surface area contributed by atoms with Gasteiger partial charge in [-0.15, -0.1) is 0 Å². The van der Waals surface area contributed by atoms with Gasteiger partial charge in [0.2, 0.25) is 5.91 Å². The summed E-state index contributed by atoms with van der Waals surface area (Å²) < 4.78 is 34.3. The Morgan fingerprint density at radius 1 is 0.372 bits per heavy atom. The minimum absolute atomic E-state index is 0.239. The molecule has 3 fully saturated rings. The summed E-state index contributed by atoms with van der Waals surface area (Å²) in [6, 6.07) is -0.881. The molecule has 3 rings (SSSR count). The first-order valence-corrected chi connectivity index (χ1v) is 38.9. The number of carbonyl (C=O) groups is 1.